The van der Waals surface area contributed by atoms with E-state index in [1.165, 1.54) is 31.8 Å². The van der Waals surface area contributed by atoms with Crippen LogP contribution in [-0.2, 0) is 4.79 Å². The van der Waals surface area contributed by atoms with Crippen LogP contribution in [0.3, 0.4) is 0 Å². The summed E-state index contributed by atoms with van der Waals surface area (Å²) in [6.45, 7) is 2.96. The standard InChI is InChI=1S/C23H28O4/c1-3-4-5-6-7-18-26-21-11-8-19(9-12-21)10-17-23(24)27-22-15-13-20(25-2)14-16-22/h8-17H,3-7,18H2,1-2H3. The first-order chi connectivity index (χ1) is 13.2. The Bertz CT molecular complexity index is 702. The second-order valence-corrected chi connectivity index (χ2v) is 6.26. The van der Waals surface area contributed by atoms with Gasteiger partial charge in [-0.3, -0.25) is 0 Å². The lowest BCUT2D eigenvalue weighted by Crippen LogP contribution is -2.03. The van der Waals surface area contributed by atoms with Crippen molar-refractivity contribution < 1.29 is 19.0 Å². The highest BCUT2D eigenvalue weighted by Gasteiger charge is 2.01. The zero-order valence-corrected chi connectivity index (χ0v) is 16.1. The number of ether oxygens (including phenoxy) is 3. The number of unbranched alkanes of at least 4 members (excludes halogenated alkanes) is 4. The molecule has 2 aromatic rings. The molecular formula is C23H28O4. The normalized spacial score (nSPS) is 10.7. The van der Waals surface area contributed by atoms with Gasteiger partial charge in [0.15, 0.2) is 0 Å². The summed E-state index contributed by atoms with van der Waals surface area (Å²) in [6, 6.07) is 14.6. The topological polar surface area (TPSA) is 44.8 Å². The molecule has 144 valence electrons. The van der Waals surface area contributed by atoms with E-state index < -0.39 is 5.97 Å². The SMILES string of the molecule is CCCCCCCOc1ccc(C=CC(=O)Oc2ccc(OC)cc2)cc1. The summed E-state index contributed by atoms with van der Waals surface area (Å²) in [5.74, 6) is 1.62. The minimum atomic E-state index is -0.424. The molecule has 0 saturated carbocycles. The molecule has 0 amide bonds. The molecule has 4 heteroatoms. The fourth-order valence-electron chi connectivity index (χ4n) is 2.53. The third kappa shape index (κ3) is 7.99. The molecule has 0 spiro atoms. The maximum absolute atomic E-state index is 11.9. The number of rotatable bonds is 11. The zero-order chi connectivity index (χ0) is 19.3. The van der Waals surface area contributed by atoms with E-state index in [-0.39, 0.29) is 0 Å². The van der Waals surface area contributed by atoms with Crippen molar-refractivity contribution >= 4 is 12.0 Å². The second kappa shape index (κ2) is 11.8. The molecule has 0 aliphatic carbocycles. The molecule has 0 aliphatic heterocycles. The highest BCUT2D eigenvalue weighted by molar-refractivity contribution is 5.88. The van der Waals surface area contributed by atoms with Crippen molar-refractivity contribution in [2.75, 3.05) is 13.7 Å². The quantitative estimate of drug-likeness (QED) is 0.222. The fraction of sp³-hybridized carbons (Fsp3) is 0.348. The van der Waals surface area contributed by atoms with Crippen LogP contribution in [0, 0.1) is 0 Å². The van der Waals surface area contributed by atoms with Gasteiger partial charge < -0.3 is 14.2 Å². The van der Waals surface area contributed by atoms with Crippen LogP contribution in [0.4, 0.5) is 0 Å². The molecule has 0 heterocycles. The molecule has 0 aromatic heterocycles. The van der Waals surface area contributed by atoms with Crippen molar-refractivity contribution in [3.63, 3.8) is 0 Å². The van der Waals surface area contributed by atoms with Gasteiger partial charge in [0.25, 0.3) is 0 Å². The van der Waals surface area contributed by atoms with Gasteiger partial charge in [-0.2, -0.15) is 0 Å². The average Bonchev–Trinajstić information content (AvgIpc) is 2.70. The summed E-state index contributed by atoms with van der Waals surface area (Å²) >= 11 is 0. The van der Waals surface area contributed by atoms with Crippen molar-refractivity contribution in [2.45, 2.75) is 39.0 Å². The molecule has 27 heavy (non-hydrogen) atoms. The molecule has 0 atom stereocenters. The lowest BCUT2D eigenvalue weighted by Gasteiger charge is -2.06. The minimum absolute atomic E-state index is 0.424. The van der Waals surface area contributed by atoms with Gasteiger partial charge in [0.05, 0.1) is 13.7 Å². The number of hydrogen-bond acceptors (Lipinski definition) is 4. The van der Waals surface area contributed by atoms with Crippen LogP contribution in [0.25, 0.3) is 6.08 Å². The summed E-state index contributed by atoms with van der Waals surface area (Å²) in [5, 5.41) is 0. The molecule has 0 saturated heterocycles. The monoisotopic (exact) mass is 368 g/mol. The Morgan fingerprint density at radius 3 is 2.15 bits per heavy atom. The van der Waals surface area contributed by atoms with Gasteiger partial charge in [0, 0.05) is 6.08 Å². The first kappa shape index (κ1) is 20.6. The van der Waals surface area contributed by atoms with Gasteiger partial charge in [-0.1, -0.05) is 44.7 Å². The number of benzene rings is 2. The molecule has 0 unspecified atom stereocenters. The van der Waals surface area contributed by atoms with Gasteiger partial charge in [0.1, 0.15) is 17.2 Å². The molecule has 0 bridgehead atoms. The third-order valence-electron chi connectivity index (χ3n) is 4.09. The maximum atomic E-state index is 11.9. The van der Waals surface area contributed by atoms with Gasteiger partial charge in [-0.25, -0.2) is 4.79 Å². The Morgan fingerprint density at radius 2 is 1.48 bits per heavy atom. The van der Waals surface area contributed by atoms with Gasteiger partial charge in [0.2, 0.25) is 0 Å². The van der Waals surface area contributed by atoms with E-state index >= 15 is 0 Å². The summed E-state index contributed by atoms with van der Waals surface area (Å²) < 4.78 is 16.1. The van der Waals surface area contributed by atoms with Crippen LogP contribution in [0.15, 0.2) is 54.6 Å². The summed E-state index contributed by atoms with van der Waals surface area (Å²) in [4.78, 5) is 11.9. The van der Waals surface area contributed by atoms with Crippen molar-refractivity contribution in [1.82, 2.24) is 0 Å². The Balaban J connectivity index is 1.74. The average molecular weight is 368 g/mol. The predicted molar refractivity (Wildman–Crippen MR) is 108 cm³/mol. The number of hydrogen-bond donors (Lipinski definition) is 0. The molecule has 0 radical (unpaired) electrons. The smallest absolute Gasteiger partial charge is 0.336 e. The summed E-state index contributed by atoms with van der Waals surface area (Å²) in [5.41, 5.74) is 0.914. The van der Waals surface area contributed by atoms with Crippen LogP contribution in [0.1, 0.15) is 44.6 Å². The number of methoxy groups -OCH3 is 1. The first-order valence-corrected chi connectivity index (χ1v) is 9.48. The molecule has 4 nitrogen and oxygen atoms in total. The van der Waals surface area contributed by atoms with Crippen LogP contribution in [0.2, 0.25) is 0 Å². The Morgan fingerprint density at radius 1 is 0.852 bits per heavy atom. The first-order valence-electron chi connectivity index (χ1n) is 9.48. The van der Waals surface area contributed by atoms with Crippen molar-refractivity contribution in [3.05, 3.63) is 60.2 Å². The molecule has 0 aliphatic rings. The van der Waals surface area contributed by atoms with E-state index in [1.54, 1.807) is 37.5 Å². The second-order valence-electron chi connectivity index (χ2n) is 6.26. The van der Waals surface area contributed by atoms with E-state index in [0.717, 1.165) is 24.3 Å². The third-order valence-corrected chi connectivity index (χ3v) is 4.09. The largest absolute Gasteiger partial charge is 0.497 e. The number of esters is 1. The van der Waals surface area contributed by atoms with E-state index in [1.807, 2.05) is 24.3 Å². The molecule has 0 N–H and O–H groups in total. The lowest BCUT2D eigenvalue weighted by atomic mass is 10.2. The highest BCUT2D eigenvalue weighted by Crippen LogP contribution is 2.18. The Labute approximate surface area is 161 Å². The molecule has 0 fully saturated rings. The van der Waals surface area contributed by atoms with Crippen LogP contribution in [-0.4, -0.2) is 19.7 Å². The van der Waals surface area contributed by atoms with Gasteiger partial charge in [-0.15, -0.1) is 0 Å². The molecule has 2 rings (SSSR count). The summed E-state index contributed by atoms with van der Waals surface area (Å²) in [6.07, 6.45) is 9.25. The van der Waals surface area contributed by atoms with E-state index in [4.69, 9.17) is 14.2 Å². The fourth-order valence-corrected chi connectivity index (χ4v) is 2.53. The number of carbonyl (C=O) groups excluding carboxylic acids is 1. The van der Waals surface area contributed by atoms with E-state index in [2.05, 4.69) is 6.92 Å². The maximum Gasteiger partial charge on any atom is 0.336 e. The molecule has 2 aromatic carbocycles. The summed E-state index contributed by atoms with van der Waals surface area (Å²) in [7, 11) is 1.59. The van der Waals surface area contributed by atoms with Crippen molar-refractivity contribution in [1.29, 1.82) is 0 Å². The number of carbonyl (C=O) groups is 1. The van der Waals surface area contributed by atoms with Crippen LogP contribution < -0.4 is 14.2 Å². The Kier molecular flexibility index (Phi) is 8.98. The van der Waals surface area contributed by atoms with E-state index in [0.29, 0.717) is 11.5 Å². The lowest BCUT2D eigenvalue weighted by molar-refractivity contribution is -0.128. The highest BCUT2D eigenvalue weighted by atomic mass is 16.5. The van der Waals surface area contributed by atoms with Crippen molar-refractivity contribution in [3.8, 4) is 17.2 Å². The zero-order valence-electron chi connectivity index (χ0n) is 16.1. The minimum Gasteiger partial charge on any atom is -0.497 e. The Hall–Kier alpha value is -2.75. The van der Waals surface area contributed by atoms with Crippen LogP contribution >= 0.6 is 0 Å². The van der Waals surface area contributed by atoms with Gasteiger partial charge >= 0.3 is 5.97 Å². The predicted octanol–water partition coefficient (Wildman–Crippen LogP) is 5.66. The van der Waals surface area contributed by atoms with Gasteiger partial charge in [-0.05, 0) is 54.5 Å². The molecular weight excluding hydrogens is 340 g/mol. The van der Waals surface area contributed by atoms with E-state index in [9.17, 15) is 4.79 Å². The van der Waals surface area contributed by atoms with Crippen LogP contribution in [0.5, 0.6) is 17.2 Å². The van der Waals surface area contributed by atoms with Crippen molar-refractivity contribution in [2.24, 2.45) is 0 Å².